The van der Waals surface area contributed by atoms with Crippen LogP contribution in [0.25, 0.3) is 0 Å². The van der Waals surface area contributed by atoms with E-state index < -0.39 is 0 Å². The van der Waals surface area contributed by atoms with E-state index in [9.17, 15) is 4.39 Å². The highest BCUT2D eigenvalue weighted by Crippen LogP contribution is 2.19. The predicted molar refractivity (Wildman–Crippen MR) is 58.7 cm³/mol. The molecule has 1 aromatic carbocycles. The molecule has 1 heterocycles. The first-order valence-corrected chi connectivity index (χ1v) is 4.69. The minimum atomic E-state index is -0.265. The normalized spacial score (nSPS) is 10.0. The second-order valence-electron chi connectivity index (χ2n) is 3.36. The van der Waals surface area contributed by atoms with E-state index in [1.165, 1.54) is 6.07 Å². The molecule has 0 unspecified atom stereocenters. The molecule has 0 bridgehead atoms. The quantitative estimate of drug-likeness (QED) is 0.808. The van der Waals surface area contributed by atoms with Gasteiger partial charge < -0.3 is 5.32 Å². The van der Waals surface area contributed by atoms with Gasteiger partial charge in [-0.2, -0.15) is 0 Å². The number of hydrogen-bond acceptors (Lipinski definition) is 2. The summed E-state index contributed by atoms with van der Waals surface area (Å²) in [5.41, 5.74) is 2.29. The van der Waals surface area contributed by atoms with Crippen LogP contribution in [0.2, 0.25) is 0 Å². The van der Waals surface area contributed by atoms with E-state index in [4.69, 9.17) is 0 Å². The Morgan fingerprint density at radius 3 is 2.73 bits per heavy atom. The molecule has 1 N–H and O–H groups in total. The molecule has 3 heteroatoms. The summed E-state index contributed by atoms with van der Waals surface area (Å²) < 4.78 is 13.3. The van der Waals surface area contributed by atoms with Gasteiger partial charge >= 0.3 is 0 Å². The maximum atomic E-state index is 13.3. The highest BCUT2D eigenvalue weighted by atomic mass is 19.1. The van der Waals surface area contributed by atoms with Crippen LogP contribution in [0.3, 0.4) is 0 Å². The molecule has 0 fully saturated rings. The number of pyridine rings is 1. The number of benzene rings is 1. The maximum absolute atomic E-state index is 13.3. The van der Waals surface area contributed by atoms with Crippen molar-refractivity contribution in [2.24, 2.45) is 0 Å². The number of aromatic nitrogens is 1. The Bertz CT molecular complexity index is 469. The average Bonchev–Trinajstić information content (AvgIpc) is 2.22. The highest BCUT2D eigenvalue weighted by Gasteiger charge is 2.00. The predicted octanol–water partition coefficient (Wildman–Crippen LogP) is 3.27. The Balaban J connectivity index is 2.26. The zero-order valence-corrected chi connectivity index (χ0v) is 8.37. The highest BCUT2D eigenvalue weighted by molar-refractivity contribution is 5.59. The van der Waals surface area contributed by atoms with Gasteiger partial charge in [-0.25, -0.2) is 4.39 Å². The number of rotatable bonds is 2. The number of nitrogens with zero attached hydrogens (tertiary/aromatic N) is 1. The number of hydrogen-bond donors (Lipinski definition) is 1. The van der Waals surface area contributed by atoms with E-state index in [1.807, 2.05) is 13.0 Å². The molecule has 2 nitrogen and oxygen atoms in total. The summed E-state index contributed by atoms with van der Waals surface area (Å²) in [5, 5.41) is 2.98. The fourth-order valence-electron chi connectivity index (χ4n) is 1.34. The lowest BCUT2D eigenvalue weighted by molar-refractivity contribution is 0.632. The van der Waals surface area contributed by atoms with Gasteiger partial charge in [0.15, 0.2) is 0 Å². The van der Waals surface area contributed by atoms with Crippen molar-refractivity contribution in [2.45, 2.75) is 6.92 Å². The zero-order chi connectivity index (χ0) is 10.7. The van der Waals surface area contributed by atoms with Crippen molar-refractivity contribution in [1.82, 2.24) is 4.98 Å². The molecule has 2 rings (SSSR count). The molecule has 0 aliphatic rings. The van der Waals surface area contributed by atoms with Crippen LogP contribution >= 0.6 is 0 Å². The summed E-state index contributed by atoms with van der Waals surface area (Å²) in [6.07, 6.45) is 3.42. The monoisotopic (exact) mass is 202 g/mol. The van der Waals surface area contributed by atoms with Crippen LogP contribution in [-0.4, -0.2) is 4.98 Å². The van der Waals surface area contributed by atoms with E-state index >= 15 is 0 Å². The molecule has 0 aliphatic carbocycles. The lowest BCUT2D eigenvalue weighted by Crippen LogP contribution is -1.94. The van der Waals surface area contributed by atoms with Crippen LogP contribution in [0.15, 0.2) is 42.7 Å². The number of nitrogens with one attached hydrogen (secondary N) is 1. The van der Waals surface area contributed by atoms with Crippen molar-refractivity contribution in [3.05, 3.63) is 54.1 Å². The van der Waals surface area contributed by atoms with Crippen molar-refractivity contribution in [2.75, 3.05) is 5.32 Å². The van der Waals surface area contributed by atoms with Gasteiger partial charge in [0.2, 0.25) is 0 Å². The van der Waals surface area contributed by atoms with Gasteiger partial charge in [0.1, 0.15) is 5.82 Å². The zero-order valence-electron chi connectivity index (χ0n) is 8.37. The van der Waals surface area contributed by atoms with E-state index in [0.717, 1.165) is 11.3 Å². The van der Waals surface area contributed by atoms with Crippen LogP contribution in [0, 0.1) is 12.7 Å². The number of para-hydroxylation sites is 1. The summed E-state index contributed by atoms with van der Waals surface area (Å²) in [6, 6.07) is 8.48. The number of aryl methyl sites for hydroxylation is 1. The summed E-state index contributed by atoms with van der Waals surface area (Å²) in [5.74, 6) is -0.265. The smallest absolute Gasteiger partial charge is 0.146 e. The van der Waals surface area contributed by atoms with Crippen LogP contribution in [-0.2, 0) is 0 Å². The standard InChI is InChI=1S/C12H11FN2/c1-9-6-10(8-14-7-9)15-12-5-3-2-4-11(12)13/h2-8,15H,1H3. The van der Waals surface area contributed by atoms with E-state index in [2.05, 4.69) is 10.3 Å². The molecule has 15 heavy (non-hydrogen) atoms. The SMILES string of the molecule is Cc1cncc(Nc2ccccc2F)c1. The molecule has 0 atom stereocenters. The number of halogens is 1. The summed E-state index contributed by atoms with van der Waals surface area (Å²) in [7, 11) is 0. The summed E-state index contributed by atoms with van der Waals surface area (Å²) in [4.78, 5) is 4.03. The first kappa shape index (κ1) is 9.65. The van der Waals surface area contributed by atoms with Crippen LogP contribution in [0.5, 0.6) is 0 Å². The topological polar surface area (TPSA) is 24.9 Å². The third-order valence-corrected chi connectivity index (χ3v) is 2.03. The third kappa shape index (κ3) is 2.31. The Labute approximate surface area is 87.8 Å². The van der Waals surface area contributed by atoms with Crippen molar-refractivity contribution < 1.29 is 4.39 Å². The van der Waals surface area contributed by atoms with Gasteiger partial charge in [-0.15, -0.1) is 0 Å². The molecular weight excluding hydrogens is 191 g/mol. The van der Waals surface area contributed by atoms with Crippen LogP contribution in [0.1, 0.15) is 5.56 Å². The Hall–Kier alpha value is -1.90. The van der Waals surface area contributed by atoms with Gasteiger partial charge in [0.05, 0.1) is 17.6 Å². The van der Waals surface area contributed by atoms with Gasteiger partial charge in [-0.05, 0) is 30.7 Å². The first-order chi connectivity index (χ1) is 7.25. The molecule has 0 saturated carbocycles. The second kappa shape index (κ2) is 4.09. The largest absolute Gasteiger partial charge is 0.352 e. The third-order valence-electron chi connectivity index (χ3n) is 2.03. The number of anilines is 2. The van der Waals surface area contributed by atoms with E-state index in [-0.39, 0.29) is 5.82 Å². The van der Waals surface area contributed by atoms with Gasteiger partial charge in [-0.3, -0.25) is 4.98 Å². The van der Waals surface area contributed by atoms with Crippen LogP contribution in [0.4, 0.5) is 15.8 Å². The van der Waals surface area contributed by atoms with Crippen molar-refractivity contribution in [1.29, 1.82) is 0 Å². The minimum absolute atomic E-state index is 0.265. The van der Waals surface area contributed by atoms with Crippen LogP contribution < -0.4 is 5.32 Å². The molecule has 76 valence electrons. The fourth-order valence-corrected chi connectivity index (χ4v) is 1.34. The van der Waals surface area contributed by atoms with Crippen molar-refractivity contribution in [3.8, 4) is 0 Å². The second-order valence-corrected chi connectivity index (χ2v) is 3.36. The fraction of sp³-hybridized carbons (Fsp3) is 0.0833. The lowest BCUT2D eigenvalue weighted by atomic mass is 10.2. The molecule has 0 aliphatic heterocycles. The molecule has 0 radical (unpaired) electrons. The summed E-state index contributed by atoms with van der Waals surface area (Å²) >= 11 is 0. The average molecular weight is 202 g/mol. The van der Waals surface area contributed by atoms with Gasteiger partial charge in [0.25, 0.3) is 0 Å². The molecule has 0 saturated heterocycles. The lowest BCUT2D eigenvalue weighted by Gasteiger charge is -2.07. The Morgan fingerprint density at radius 2 is 2.00 bits per heavy atom. The van der Waals surface area contributed by atoms with Gasteiger partial charge in [0, 0.05) is 6.20 Å². The molecule has 0 spiro atoms. The Kier molecular flexibility index (Phi) is 2.63. The first-order valence-electron chi connectivity index (χ1n) is 4.69. The molecular formula is C12H11FN2. The van der Waals surface area contributed by atoms with Gasteiger partial charge in [-0.1, -0.05) is 12.1 Å². The van der Waals surface area contributed by atoms with Crippen molar-refractivity contribution >= 4 is 11.4 Å². The molecule has 2 aromatic rings. The van der Waals surface area contributed by atoms with E-state index in [0.29, 0.717) is 5.69 Å². The summed E-state index contributed by atoms with van der Waals surface area (Å²) in [6.45, 7) is 1.94. The molecule has 0 amide bonds. The maximum Gasteiger partial charge on any atom is 0.146 e. The molecule has 1 aromatic heterocycles. The van der Waals surface area contributed by atoms with E-state index in [1.54, 1.807) is 30.6 Å². The van der Waals surface area contributed by atoms with Crippen molar-refractivity contribution in [3.63, 3.8) is 0 Å². The minimum Gasteiger partial charge on any atom is -0.352 e. The Morgan fingerprint density at radius 1 is 1.20 bits per heavy atom.